The van der Waals surface area contributed by atoms with E-state index in [4.69, 9.17) is 0 Å². The highest BCUT2D eigenvalue weighted by molar-refractivity contribution is 8.00. The third-order valence-electron chi connectivity index (χ3n) is 1.34. The topological polar surface area (TPSA) is 24.4 Å². The molecule has 2 rings (SSSR count). The first kappa shape index (κ1) is 3.78. The molecule has 1 saturated carbocycles. The Morgan fingerprint density at radius 1 is 1.71 bits per heavy atom. The van der Waals surface area contributed by atoms with E-state index in [0.29, 0.717) is 4.75 Å². The second kappa shape index (κ2) is 0.968. The third-order valence-corrected chi connectivity index (χ3v) is 2.46. The lowest BCUT2D eigenvalue weighted by Gasteiger charge is -1.92. The maximum Gasteiger partial charge on any atom is 0.0742 e. The number of hydrogen-bond acceptors (Lipinski definition) is 3. The van der Waals surface area contributed by atoms with Crippen molar-refractivity contribution < 1.29 is 0 Å². The van der Waals surface area contributed by atoms with Gasteiger partial charge in [-0.3, -0.25) is 4.83 Å². The lowest BCUT2D eigenvalue weighted by molar-refractivity contribution is 1.15. The van der Waals surface area contributed by atoms with Crippen molar-refractivity contribution in [3.05, 3.63) is 0 Å². The molecule has 2 nitrogen and oxygen atoms in total. The Labute approximate surface area is 46.5 Å². The largest absolute Gasteiger partial charge is 0.251 e. The molecule has 2 aliphatic rings. The van der Waals surface area contributed by atoms with Crippen LogP contribution in [0.25, 0.3) is 0 Å². The molecule has 3 heteroatoms. The molecule has 0 atom stereocenters. The summed E-state index contributed by atoms with van der Waals surface area (Å²) in [5.74, 6) is 0. The van der Waals surface area contributed by atoms with Gasteiger partial charge in [0.25, 0.3) is 0 Å². The summed E-state index contributed by atoms with van der Waals surface area (Å²) in [6, 6.07) is 0. The van der Waals surface area contributed by atoms with Crippen molar-refractivity contribution in [2.45, 2.75) is 17.6 Å². The molecule has 0 radical (unpaired) electrons. The smallest absolute Gasteiger partial charge is 0.0742 e. The summed E-state index contributed by atoms with van der Waals surface area (Å²) in [5.41, 5.74) is 0. The van der Waals surface area contributed by atoms with Crippen LogP contribution >= 0.6 is 11.9 Å². The summed E-state index contributed by atoms with van der Waals surface area (Å²) in [6.07, 6.45) is 4.64. The fraction of sp³-hybridized carbons (Fsp3) is 0.750. The van der Waals surface area contributed by atoms with E-state index in [9.17, 15) is 0 Å². The molecule has 1 spiro atoms. The minimum Gasteiger partial charge on any atom is -0.251 e. The second-order valence-corrected chi connectivity index (χ2v) is 3.22. The second-order valence-electron chi connectivity index (χ2n) is 2.02. The average molecular weight is 114 g/mol. The predicted octanol–water partition coefficient (Wildman–Crippen LogP) is 0.756. The summed E-state index contributed by atoms with van der Waals surface area (Å²) in [7, 11) is 0. The minimum absolute atomic E-state index is 0.458. The van der Waals surface area contributed by atoms with Gasteiger partial charge in [-0.2, -0.15) is 5.10 Å². The Hall–Kier alpha value is -0.180. The fourth-order valence-electron chi connectivity index (χ4n) is 0.642. The van der Waals surface area contributed by atoms with Crippen LogP contribution in [0.2, 0.25) is 0 Å². The number of nitrogens with one attached hydrogen (secondary N) is 1. The van der Waals surface area contributed by atoms with E-state index < -0.39 is 0 Å². The van der Waals surface area contributed by atoms with Gasteiger partial charge in [0.1, 0.15) is 0 Å². The molecule has 0 aromatic heterocycles. The van der Waals surface area contributed by atoms with Gasteiger partial charge in [0, 0.05) is 6.21 Å². The highest BCUT2D eigenvalue weighted by Gasteiger charge is 2.44. The van der Waals surface area contributed by atoms with E-state index in [1.807, 2.05) is 6.21 Å². The van der Waals surface area contributed by atoms with E-state index in [1.54, 1.807) is 11.9 Å². The van der Waals surface area contributed by atoms with Crippen LogP contribution in [0, 0.1) is 0 Å². The zero-order valence-corrected chi connectivity index (χ0v) is 4.66. The van der Waals surface area contributed by atoms with Gasteiger partial charge in [-0.15, -0.1) is 0 Å². The molecule has 1 aliphatic carbocycles. The quantitative estimate of drug-likeness (QED) is 0.470. The minimum atomic E-state index is 0.458. The van der Waals surface area contributed by atoms with E-state index >= 15 is 0 Å². The molecule has 1 heterocycles. The predicted molar refractivity (Wildman–Crippen MR) is 31.2 cm³/mol. The van der Waals surface area contributed by atoms with Gasteiger partial charge in [0.2, 0.25) is 0 Å². The summed E-state index contributed by atoms with van der Waals surface area (Å²) in [5, 5.41) is 3.89. The Bertz CT molecular complexity index is 117. The molecule has 0 unspecified atom stereocenters. The lowest BCUT2D eigenvalue weighted by atomic mass is 10.5. The van der Waals surface area contributed by atoms with Crippen molar-refractivity contribution in [1.82, 2.24) is 4.83 Å². The van der Waals surface area contributed by atoms with Crippen molar-refractivity contribution in [3.8, 4) is 0 Å². The molecule has 0 amide bonds. The van der Waals surface area contributed by atoms with E-state index in [1.165, 1.54) is 12.8 Å². The maximum absolute atomic E-state index is 3.89. The number of rotatable bonds is 0. The zero-order chi connectivity index (χ0) is 4.74. The molecule has 1 N–H and O–H groups in total. The van der Waals surface area contributed by atoms with Gasteiger partial charge < -0.3 is 0 Å². The molecule has 0 aromatic rings. The molecule has 1 fully saturated rings. The molecule has 0 aromatic carbocycles. The van der Waals surface area contributed by atoms with Crippen LogP contribution in [0.15, 0.2) is 5.10 Å². The Morgan fingerprint density at radius 3 is 2.86 bits per heavy atom. The normalized spacial score (nSPS) is 30.9. The monoisotopic (exact) mass is 114 g/mol. The standard InChI is InChI=1S/C4H6N2S/c1-2-4(1)3-5-6-7-4/h3,6H,1-2H2. The molecule has 1 aliphatic heterocycles. The van der Waals surface area contributed by atoms with Crippen molar-refractivity contribution in [3.63, 3.8) is 0 Å². The number of nitrogens with zero attached hydrogens (tertiary/aromatic N) is 1. The van der Waals surface area contributed by atoms with Crippen LogP contribution in [0.5, 0.6) is 0 Å². The van der Waals surface area contributed by atoms with Gasteiger partial charge in [0.05, 0.1) is 4.75 Å². The first-order valence-electron chi connectivity index (χ1n) is 2.39. The van der Waals surface area contributed by atoms with Gasteiger partial charge in [-0.05, 0) is 24.8 Å². The Morgan fingerprint density at radius 2 is 2.57 bits per heavy atom. The van der Waals surface area contributed by atoms with Crippen LogP contribution in [0.3, 0.4) is 0 Å². The fourth-order valence-corrected chi connectivity index (χ4v) is 1.34. The van der Waals surface area contributed by atoms with Gasteiger partial charge in [0.15, 0.2) is 0 Å². The van der Waals surface area contributed by atoms with Crippen molar-refractivity contribution in [1.29, 1.82) is 0 Å². The van der Waals surface area contributed by atoms with E-state index in [0.717, 1.165) is 0 Å². The van der Waals surface area contributed by atoms with Gasteiger partial charge in [-0.25, -0.2) is 0 Å². The molecular formula is C4H6N2S. The SMILES string of the molecule is C1=NNSC12CC2. The number of hydrogen-bond donors (Lipinski definition) is 1. The van der Waals surface area contributed by atoms with Crippen LogP contribution in [-0.4, -0.2) is 11.0 Å². The highest BCUT2D eigenvalue weighted by atomic mass is 32.2. The van der Waals surface area contributed by atoms with Crippen LogP contribution in [0.1, 0.15) is 12.8 Å². The van der Waals surface area contributed by atoms with Crippen LogP contribution in [0.4, 0.5) is 0 Å². The van der Waals surface area contributed by atoms with Crippen LogP contribution < -0.4 is 4.83 Å². The summed E-state index contributed by atoms with van der Waals surface area (Å²) >= 11 is 1.74. The average Bonchev–Trinajstić information content (AvgIpc) is 2.15. The maximum atomic E-state index is 3.89. The Kier molecular flexibility index (Phi) is 0.522. The van der Waals surface area contributed by atoms with Crippen molar-refractivity contribution >= 4 is 18.2 Å². The number of hydrazone groups is 1. The summed E-state index contributed by atoms with van der Waals surface area (Å²) in [4.78, 5) is 2.86. The van der Waals surface area contributed by atoms with Crippen LogP contribution in [-0.2, 0) is 0 Å². The summed E-state index contributed by atoms with van der Waals surface area (Å²) < 4.78 is 0.458. The molecule has 38 valence electrons. The highest BCUT2D eigenvalue weighted by Crippen LogP contribution is 2.47. The first-order chi connectivity index (χ1) is 3.41. The van der Waals surface area contributed by atoms with Gasteiger partial charge in [-0.1, -0.05) is 0 Å². The molecule has 0 saturated heterocycles. The van der Waals surface area contributed by atoms with Crippen molar-refractivity contribution in [2.24, 2.45) is 5.10 Å². The lowest BCUT2D eigenvalue weighted by Crippen LogP contribution is -1.98. The third kappa shape index (κ3) is 0.445. The molecule has 0 bridgehead atoms. The molecular weight excluding hydrogens is 108 g/mol. The first-order valence-corrected chi connectivity index (χ1v) is 3.20. The molecule has 7 heavy (non-hydrogen) atoms. The van der Waals surface area contributed by atoms with E-state index in [2.05, 4.69) is 9.93 Å². The van der Waals surface area contributed by atoms with E-state index in [-0.39, 0.29) is 0 Å². The van der Waals surface area contributed by atoms with Crippen molar-refractivity contribution in [2.75, 3.05) is 0 Å². The zero-order valence-electron chi connectivity index (χ0n) is 3.85. The Balaban J connectivity index is 2.22. The summed E-state index contributed by atoms with van der Waals surface area (Å²) in [6.45, 7) is 0. The van der Waals surface area contributed by atoms with Gasteiger partial charge >= 0.3 is 0 Å².